The van der Waals surface area contributed by atoms with Crippen LogP contribution in [0.15, 0.2) is 0 Å². The number of aryl methyl sites for hydroxylation is 1. The van der Waals surface area contributed by atoms with Crippen LogP contribution in [0.4, 0.5) is 0 Å². The molecule has 0 saturated carbocycles. The maximum Gasteiger partial charge on any atom is 0.147 e. The van der Waals surface area contributed by atoms with Crippen LogP contribution in [0.5, 0.6) is 0 Å². The molecule has 1 aromatic heterocycles. The molecule has 0 unspecified atom stereocenters. The highest BCUT2D eigenvalue weighted by molar-refractivity contribution is 5.85. The van der Waals surface area contributed by atoms with Gasteiger partial charge in [-0.25, -0.2) is 4.98 Å². The summed E-state index contributed by atoms with van der Waals surface area (Å²) in [7, 11) is 3.95. The van der Waals surface area contributed by atoms with Crippen molar-refractivity contribution in [2.75, 3.05) is 14.1 Å². The Kier molecular flexibility index (Phi) is 7.83. The zero-order valence-electron chi connectivity index (χ0n) is 10.4. The first kappa shape index (κ1) is 17.9. The van der Waals surface area contributed by atoms with E-state index in [4.69, 9.17) is 0 Å². The molecule has 0 bridgehead atoms. The fraction of sp³-hybridized carbons (Fsp3) is 0.700. The van der Waals surface area contributed by atoms with Crippen molar-refractivity contribution < 1.29 is 5.21 Å². The van der Waals surface area contributed by atoms with Gasteiger partial charge in [0.2, 0.25) is 0 Å². The average molecular weight is 270 g/mol. The van der Waals surface area contributed by atoms with E-state index in [9.17, 15) is 5.21 Å². The molecule has 0 aromatic carbocycles. The Balaban J connectivity index is 0. The van der Waals surface area contributed by atoms with Crippen molar-refractivity contribution in [3.05, 3.63) is 17.2 Å². The third-order valence-corrected chi connectivity index (χ3v) is 2.15. The van der Waals surface area contributed by atoms with E-state index in [-0.39, 0.29) is 30.7 Å². The fourth-order valence-electron chi connectivity index (χ4n) is 1.43. The number of nitrogens with zero attached hydrogens (tertiary/aromatic N) is 3. The van der Waals surface area contributed by atoms with Gasteiger partial charge in [0.05, 0.1) is 11.4 Å². The molecule has 1 aromatic rings. The van der Waals surface area contributed by atoms with Crippen LogP contribution in [0.2, 0.25) is 0 Å². The van der Waals surface area contributed by atoms with Crippen LogP contribution in [-0.4, -0.2) is 33.9 Å². The average Bonchev–Trinajstić information content (AvgIpc) is 2.31. The highest BCUT2D eigenvalue weighted by Crippen LogP contribution is 2.17. The monoisotopic (exact) mass is 269 g/mol. The maximum atomic E-state index is 9.86. The van der Waals surface area contributed by atoms with E-state index in [0.29, 0.717) is 6.54 Å². The molecule has 16 heavy (non-hydrogen) atoms. The third-order valence-electron chi connectivity index (χ3n) is 2.15. The molecule has 0 aliphatic rings. The summed E-state index contributed by atoms with van der Waals surface area (Å²) in [5.41, 5.74) is 1.78. The van der Waals surface area contributed by atoms with Crippen molar-refractivity contribution in [1.82, 2.24) is 14.6 Å². The minimum atomic E-state index is 0. The molecule has 0 saturated heterocycles. The van der Waals surface area contributed by atoms with Gasteiger partial charge in [-0.15, -0.1) is 24.8 Å². The second-order valence-electron chi connectivity index (χ2n) is 4.21. The number of imidazole rings is 1. The number of rotatable bonds is 3. The van der Waals surface area contributed by atoms with Gasteiger partial charge < -0.3 is 10.1 Å². The Morgan fingerprint density at radius 2 is 1.81 bits per heavy atom. The largest absolute Gasteiger partial charge is 0.427 e. The predicted molar refractivity (Wildman–Crippen MR) is 70.1 cm³/mol. The van der Waals surface area contributed by atoms with Gasteiger partial charge >= 0.3 is 0 Å². The first-order valence-corrected chi connectivity index (χ1v) is 4.85. The highest BCUT2D eigenvalue weighted by Gasteiger charge is 2.16. The zero-order chi connectivity index (χ0) is 10.9. The Labute approximate surface area is 109 Å². The van der Waals surface area contributed by atoms with Crippen LogP contribution < -0.4 is 0 Å². The summed E-state index contributed by atoms with van der Waals surface area (Å²) in [6.45, 7) is 6.68. The lowest BCUT2D eigenvalue weighted by Gasteiger charge is -2.11. The molecule has 0 aliphatic carbocycles. The predicted octanol–water partition coefficient (Wildman–Crippen LogP) is 2.46. The van der Waals surface area contributed by atoms with Crippen molar-refractivity contribution in [2.24, 2.45) is 0 Å². The number of halogens is 2. The van der Waals surface area contributed by atoms with Crippen molar-refractivity contribution >= 4 is 24.8 Å². The van der Waals surface area contributed by atoms with E-state index in [1.165, 1.54) is 4.73 Å². The number of aromatic nitrogens is 2. The summed E-state index contributed by atoms with van der Waals surface area (Å²) in [6, 6.07) is 0. The van der Waals surface area contributed by atoms with E-state index < -0.39 is 0 Å². The minimum Gasteiger partial charge on any atom is -0.427 e. The van der Waals surface area contributed by atoms with Gasteiger partial charge in [-0.1, -0.05) is 13.8 Å². The summed E-state index contributed by atoms with van der Waals surface area (Å²) in [4.78, 5) is 6.36. The van der Waals surface area contributed by atoms with Crippen molar-refractivity contribution in [2.45, 2.75) is 33.2 Å². The van der Waals surface area contributed by atoms with Gasteiger partial charge in [0.15, 0.2) is 0 Å². The fourth-order valence-corrected chi connectivity index (χ4v) is 1.43. The van der Waals surface area contributed by atoms with Crippen molar-refractivity contribution in [1.29, 1.82) is 0 Å². The van der Waals surface area contributed by atoms with Gasteiger partial charge in [-0.05, 0) is 21.0 Å². The summed E-state index contributed by atoms with van der Waals surface area (Å²) < 4.78 is 1.22. The van der Waals surface area contributed by atoms with Crippen LogP contribution in [-0.2, 0) is 6.54 Å². The minimum absolute atomic E-state index is 0. The smallest absolute Gasteiger partial charge is 0.147 e. The SMILES string of the molecule is Cc1nc(C(C)C)n(O)c1CN(C)C.Cl.Cl. The summed E-state index contributed by atoms with van der Waals surface area (Å²) in [5, 5.41) is 9.86. The van der Waals surface area contributed by atoms with Gasteiger partial charge in [-0.2, -0.15) is 4.73 Å². The Bertz CT molecular complexity index is 324. The zero-order valence-corrected chi connectivity index (χ0v) is 12.0. The summed E-state index contributed by atoms with van der Waals surface area (Å²) >= 11 is 0. The summed E-state index contributed by atoms with van der Waals surface area (Å²) in [6.07, 6.45) is 0. The van der Waals surface area contributed by atoms with Crippen LogP contribution in [0, 0.1) is 6.92 Å². The lowest BCUT2D eigenvalue weighted by atomic mass is 10.2. The normalized spacial score (nSPS) is 10.2. The molecule has 1 N–H and O–H groups in total. The van der Waals surface area contributed by atoms with Gasteiger partial charge in [0.25, 0.3) is 0 Å². The maximum absolute atomic E-state index is 9.86. The van der Waals surface area contributed by atoms with E-state index in [1.54, 1.807) is 0 Å². The Morgan fingerprint density at radius 3 is 2.12 bits per heavy atom. The lowest BCUT2D eigenvalue weighted by molar-refractivity contribution is 0.156. The van der Waals surface area contributed by atoms with Crippen LogP contribution in [0.1, 0.15) is 37.0 Å². The molecule has 0 radical (unpaired) electrons. The summed E-state index contributed by atoms with van der Waals surface area (Å²) in [5.74, 6) is 0.981. The number of hydrogen-bond donors (Lipinski definition) is 1. The molecule has 6 heteroatoms. The molecule has 0 aliphatic heterocycles. The Morgan fingerprint density at radius 1 is 1.31 bits per heavy atom. The highest BCUT2D eigenvalue weighted by atomic mass is 35.5. The van der Waals surface area contributed by atoms with E-state index in [1.807, 2.05) is 39.8 Å². The second kappa shape index (κ2) is 6.99. The first-order chi connectivity index (χ1) is 6.43. The first-order valence-electron chi connectivity index (χ1n) is 4.85. The van der Waals surface area contributed by atoms with Gasteiger partial charge in [0, 0.05) is 12.5 Å². The standard InChI is InChI=1S/C10H19N3O.2ClH/c1-7(2)10-11-8(3)9(13(10)14)6-12(4)5;;/h7,14H,6H2,1-5H3;2*1H. The number of hydrogen-bond acceptors (Lipinski definition) is 3. The van der Waals surface area contributed by atoms with E-state index in [2.05, 4.69) is 4.98 Å². The molecule has 0 spiro atoms. The van der Waals surface area contributed by atoms with Crippen LogP contribution in [0.3, 0.4) is 0 Å². The molecular weight excluding hydrogens is 249 g/mol. The van der Waals surface area contributed by atoms with Crippen molar-refractivity contribution in [3.8, 4) is 0 Å². The van der Waals surface area contributed by atoms with Crippen LogP contribution >= 0.6 is 24.8 Å². The molecule has 0 atom stereocenters. The molecule has 4 nitrogen and oxygen atoms in total. The second-order valence-corrected chi connectivity index (χ2v) is 4.21. The molecule has 0 fully saturated rings. The molecule has 1 heterocycles. The molecular formula is C10H21Cl2N3O. The van der Waals surface area contributed by atoms with Crippen LogP contribution in [0.25, 0.3) is 0 Å². The molecule has 1 rings (SSSR count). The van der Waals surface area contributed by atoms with Crippen molar-refractivity contribution in [3.63, 3.8) is 0 Å². The van der Waals surface area contributed by atoms with Gasteiger partial charge in [0.1, 0.15) is 5.82 Å². The molecule has 0 amide bonds. The third kappa shape index (κ3) is 3.85. The lowest BCUT2D eigenvalue weighted by Crippen LogP contribution is -2.15. The van der Waals surface area contributed by atoms with Gasteiger partial charge in [-0.3, -0.25) is 0 Å². The van der Waals surface area contributed by atoms with E-state index in [0.717, 1.165) is 17.2 Å². The topological polar surface area (TPSA) is 41.3 Å². The van der Waals surface area contributed by atoms with E-state index >= 15 is 0 Å². The quantitative estimate of drug-likeness (QED) is 0.858. The Hall–Kier alpha value is -0.450. The molecule has 96 valence electrons.